The molecule has 0 atom stereocenters. The van der Waals surface area contributed by atoms with Gasteiger partial charge in [0.05, 0.1) is 5.60 Å². The summed E-state index contributed by atoms with van der Waals surface area (Å²) in [7, 11) is 0. The Balaban J connectivity index is 1.43. The molecule has 0 radical (unpaired) electrons. The van der Waals surface area contributed by atoms with E-state index in [1.165, 1.54) is 0 Å². The minimum atomic E-state index is -0.737. The monoisotopic (exact) mass is 415 g/mol. The number of hydrogen-bond donors (Lipinski definition) is 1. The smallest absolute Gasteiger partial charge is 0.166 e. The predicted molar refractivity (Wildman–Crippen MR) is 107 cm³/mol. The van der Waals surface area contributed by atoms with Crippen molar-refractivity contribution in [3.63, 3.8) is 0 Å². The van der Waals surface area contributed by atoms with E-state index >= 15 is 0 Å². The van der Waals surface area contributed by atoms with Crippen LogP contribution in [0.1, 0.15) is 37.1 Å². The normalized spacial score (nSPS) is 17.6. The largest absolute Gasteiger partial charge is 0.385 e. The van der Waals surface area contributed by atoms with Crippen molar-refractivity contribution in [2.24, 2.45) is 0 Å². The van der Waals surface area contributed by atoms with Gasteiger partial charge in [0.2, 0.25) is 0 Å². The van der Waals surface area contributed by atoms with Gasteiger partial charge in [0.15, 0.2) is 5.15 Å². The van der Waals surface area contributed by atoms with Gasteiger partial charge in [-0.3, -0.25) is 0 Å². The number of unbranched alkanes of at least 4 members (excludes halogenated alkanes) is 1. The van der Waals surface area contributed by atoms with E-state index in [4.69, 9.17) is 34.8 Å². The molecule has 0 amide bonds. The number of aryl methyl sites for hydroxylation is 1. The van der Waals surface area contributed by atoms with Crippen molar-refractivity contribution >= 4 is 34.8 Å². The lowest BCUT2D eigenvalue weighted by atomic mass is 9.84. The molecular weight excluding hydrogens is 393 g/mol. The van der Waals surface area contributed by atoms with Crippen molar-refractivity contribution in [2.45, 2.75) is 44.8 Å². The Labute approximate surface area is 169 Å². The van der Waals surface area contributed by atoms with Gasteiger partial charge >= 0.3 is 0 Å². The number of aromatic nitrogens is 2. The first-order chi connectivity index (χ1) is 12.4. The van der Waals surface area contributed by atoms with Crippen LogP contribution in [0.2, 0.25) is 15.3 Å². The Morgan fingerprint density at radius 2 is 1.65 bits per heavy atom. The molecule has 0 bridgehead atoms. The highest BCUT2D eigenvalue weighted by atomic mass is 35.5. The summed E-state index contributed by atoms with van der Waals surface area (Å²) < 4.78 is 1.96. The molecule has 1 N–H and O–H groups in total. The van der Waals surface area contributed by atoms with Gasteiger partial charge in [-0.05, 0) is 56.8 Å². The fourth-order valence-corrected chi connectivity index (χ4v) is 4.16. The van der Waals surface area contributed by atoms with Gasteiger partial charge in [-0.2, -0.15) is 0 Å². The Morgan fingerprint density at radius 1 is 1.04 bits per heavy atom. The van der Waals surface area contributed by atoms with Gasteiger partial charge in [0.25, 0.3) is 0 Å². The van der Waals surface area contributed by atoms with E-state index in [-0.39, 0.29) is 0 Å². The highest BCUT2D eigenvalue weighted by Gasteiger charge is 2.33. The molecule has 1 saturated heterocycles. The van der Waals surface area contributed by atoms with Gasteiger partial charge in [-0.15, -0.1) is 0 Å². The summed E-state index contributed by atoms with van der Waals surface area (Å²) in [6.45, 7) is 5.56. The molecule has 1 aliphatic rings. The van der Waals surface area contributed by atoms with Crippen molar-refractivity contribution in [3.05, 3.63) is 51.0 Å². The first kappa shape index (κ1) is 20.0. The Kier molecular flexibility index (Phi) is 6.52. The quantitative estimate of drug-likeness (QED) is 0.680. The second-order valence-corrected chi connectivity index (χ2v) is 8.13. The fraction of sp³-hybridized carbons (Fsp3) is 0.526. The van der Waals surface area contributed by atoms with E-state index in [9.17, 15) is 5.11 Å². The molecule has 7 heteroatoms. The summed E-state index contributed by atoms with van der Waals surface area (Å²) in [5.41, 5.74) is 0.225. The molecule has 1 aromatic heterocycles. The Morgan fingerprint density at radius 3 is 2.23 bits per heavy atom. The van der Waals surface area contributed by atoms with E-state index < -0.39 is 5.60 Å². The van der Waals surface area contributed by atoms with E-state index in [1.807, 2.05) is 35.8 Å². The lowest BCUT2D eigenvalue weighted by molar-refractivity contribution is -0.0261. The molecule has 0 spiro atoms. The number of likely N-dealkylation sites (tertiary alicyclic amines) is 1. The average molecular weight is 417 g/mol. The molecule has 4 nitrogen and oxygen atoms in total. The average Bonchev–Trinajstić information content (AvgIpc) is 2.86. The maximum atomic E-state index is 10.9. The lowest BCUT2D eigenvalue weighted by Gasteiger charge is -2.38. The fourth-order valence-electron chi connectivity index (χ4n) is 3.56. The van der Waals surface area contributed by atoms with Crippen molar-refractivity contribution in [2.75, 3.05) is 19.6 Å². The van der Waals surface area contributed by atoms with E-state index in [0.717, 1.165) is 63.3 Å². The molecule has 0 unspecified atom stereocenters. The van der Waals surface area contributed by atoms with Gasteiger partial charge < -0.3 is 14.6 Å². The summed E-state index contributed by atoms with van der Waals surface area (Å²) in [6, 6.07) is 7.55. The van der Waals surface area contributed by atoms with Gasteiger partial charge in [0.1, 0.15) is 11.0 Å². The number of imidazole rings is 1. The van der Waals surface area contributed by atoms with Crippen molar-refractivity contribution in [1.29, 1.82) is 0 Å². The zero-order valence-corrected chi connectivity index (χ0v) is 17.2. The minimum Gasteiger partial charge on any atom is -0.385 e. The van der Waals surface area contributed by atoms with Crippen LogP contribution < -0.4 is 0 Å². The number of rotatable bonds is 6. The second kappa shape index (κ2) is 8.49. The van der Waals surface area contributed by atoms with Crippen molar-refractivity contribution in [1.82, 2.24) is 14.5 Å². The maximum absolute atomic E-state index is 10.9. The standard InChI is InChI=1S/C19H24Cl3N3O/c1-14-23-17(21)18(22)25(14)11-3-2-10-24-12-8-19(26,9-13-24)15-4-6-16(20)7-5-15/h4-7,26H,2-3,8-13H2,1H3. The number of benzene rings is 1. The van der Waals surface area contributed by atoms with Crippen molar-refractivity contribution < 1.29 is 5.11 Å². The Hall–Kier alpha value is -0.780. The zero-order chi connectivity index (χ0) is 18.7. The van der Waals surface area contributed by atoms with Crippen LogP contribution in [0.4, 0.5) is 0 Å². The molecule has 3 rings (SSSR count). The van der Waals surface area contributed by atoms with Crippen LogP contribution >= 0.6 is 34.8 Å². The number of aliphatic hydroxyl groups is 1. The topological polar surface area (TPSA) is 41.3 Å². The third-order valence-corrected chi connectivity index (χ3v) is 6.22. The van der Waals surface area contributed by atoms with Crippen molar-refractivity contribution in [3.8, 4) is 0 Å². The third kappa shape index (κ3) is 4.55. The highest BCUT2D eigenvalue weighted by Crippen LogP contribution is 2.33. The molecule has 2 aromatic rings. The molecule has 142 valence electrons. The molecule has 2 heterocycles. The number of hydrogen-bond acceptors (Lipinski definition) is 3. The summed E-state index contributed by atoms with van der Waals surface area (Å²) in [6.07, 6.45) is 3.59. The number of nitrogens with zero attached hydrogens (tertiary/aromatic N) is 3. The number of halogens is 3. The molecule has 0 saturated carbocycles. The Bertz CT molecular complexity index is 737. The van der Waals surface area contributed by atoms with E-state index in [2.05, 4.69) is 9.88 Å². The first-order valence-electron chi connectivity index (χ1n) is 8.98. The summed E-state index contributed by atoms with van der Waals surface area (Å²) in [5, 5.41) is 12.5. The van der Waals surface area contributed by atoms with Gasteiger partial charge in [0, 0.05) is 24.7 Å². The second-order valence-electron chi connectivity index (χ2n) is 6.98. The van der Waals surface area contributed by atoms with Crippen LogP contribution in [-0.4, -0.2) is 39.2 Å². The summed E-state index contributed by atoms with van der Waals surface area (Å²) >= 11 is 18.1. The molecule has 1 fully saturated rings. The molecule has 1 aromatic carbocycles. The first-order valence-corrected chi connectivity index (χ1v) is 10.1. The van der Waals surface area contributed by atoms with Crippen LogP contribution in [0, 0.1) is 6.92 Å². The third-order valence-electron chi connectivity index (χ3n) is 5.23. The van der Waals surface area contributed by atoms with Crippen LogP contribution in [0.15, 0.2) is 24.3 Å². The van der Waals surface area contributed by atoms with Gasteiger partial charge in [-0.25, -0.2) is 4.98 Å². The summed E-state index contributed by atoms with van der Waals surface area (Å²) in [5.74, 6) is 0.853. The molecule has 1 aliphatic heterocycles. The lowest BCUT2D eigenvalue weighted by Crippen LogP contribution is -2.42. The zero-order valence-electron chi connectivity index (χ0n) is 14.9. The number of piperidine rings is 1. The van der Waals surface area contributed by atoms with Crippen LogP contribution in [0.3, 0.4) is 0 Å². The van der Waals surface area contributed by atoms with Crippen LogP contribution in [-0.2, 0) is 12.1 Å². The molecule has 26 heavy (non-hydrogen) atoms. The van der Waals surface area contributed by atoms with E-state index in [1.54, 1.807) is 0 Å². The van der Waals surface area contributed by atoms with Crippen LogP contribution in [0.5, 0.6) is 0 Å². The molecule has 0 aliphatic carbocycles. The molecular formula is C19H24Cl3N3O. The summed E-state index contributed by atoms with van der Waals surface area (Å²) in [4.78, 5) is 6.60. The van der Waals surface area contributed by atoms with Gasteiger partial charge in [-0.1, -0.05) is 46.9 Å². The minimum absolute atomic E-state index is 0.377. The van der Waals surface area contributed by atoms with Crippen LogP contribution in [0.25, 0.3) is 0 Å². The highest BCUT2D eigenvalue weighted by molar-refractivity contribution is 6.40. The maximum Gasteiger partial charge on any atom is 0.166 e. The SMILES string of the molecule is Cc1nc(Cl)c(Cl)n1CCCCN1CCC(O)(c2ccc(Cl)cc2)CC1. The predicted octanol–water partition coefficient (Wildman–Crippen LogP) is 4.92. The van der Waals surface area contributed by atoms with E-state index in [0.29, 0.717) is 15.3 Å².